The number of nitrogens with one attached hydrogen (secondary N) is 1. The Morgan fingerprint density at radius 2 is 2.17 bits per heavy atom. The van der Waals surface area contributed by atoms with Gasteiger partial charge in [0.25, 0.3) is 0 Å². The van der Waals surface area contributed by atoms with Crippen molar-refractivity contribution in [2.24, 2.45) is 0 Å². The van der Waals surface area contributed by atoms with Crippen molar-refractivity contribution < 1.29 is 14.7 Å². The van der Waals surface area contributed by atoms with Crippen LogP contribution in [0.5, 0.6) is 0 Å². The molecule has 0 aliphatic heterocycles. The number of carboxylic acids is 1. The van der Waals surface area contributed by atoms with Crippen molar-refractivity contribution >= 4 is 23.5 Å². The summed E-state index contributed by atoms with van der Waals surface area (Å²) >= 11 is 5.83. The van der Waals surface area contributed by atoms with E-state index < -0.39 is 11.9 Å². The molecule has 0 heterocycles. The first kappa shape index (κ1) is 14.5. The van der Waals surface area contributed by atoms with Crippen LogP contribution < -0.4 is 5.32 Å². The van der Waals surface area contributed by atoms with Gasteiger partial charge in [0.15, 0.2) is 0 Å². The first-order valence-corrected chi connectivity index (χ1v) is 6.17. The number of benzene rings is 1. The van der Waals surface area contributed by atoms with Crippen LogP contribution in [0.2, 0.25) is 5.02 Å². The summed E-state index contributed by atoms with van der Waals surface area (Å²) in [5.41, 5.74) is 0.624. The molecule has 1 rings (SSSR count). The highest BCUT2D eigenvalue weighted by molar-refractivity contribution is 6.30. The van der Waals surface area contributed by atoms with Crippen LogP contribution >= 0.6 is 11.6 Å². The third-order valence-electron chi connectivity index (χ3n) is 2.58. The van der Waals surface area contributed by atoms with Crippen molar-refractivity contribution in [3.63, 3.8) is 0 Å². The predicted molar refractivity (Wildman–Crippen MR) is 69.7 cm³/mol. The Bertz CT molecular complexity index is 434. The monoisotopic (exact) mass is 269 g/mol. The van der Waals surface area contributed by atoms with Crippen molar-refractivity contribution in [2.45, 2.75) is 25.7 Å². The molecular weight excluding hydrogens is 254 g/mol. The Hall–Kier alpha value is -1.55. The van der Waals surface area contributed by atoms with E-state index in [9.17, 15) is 14.7 Å². The fraction of sp³-hybridized carbons (Fsp3) is 0.385. The number of hydrogen-bond donors (Lipinski definition) is 2. The van der Waals surface area contributed by atoms with E-state index in [1.807, 2.05) is 6.92 Å². The van der Waals surface area contributed by atoms with Crippen molar-refractivity contribution in [2.75, 3.05) is 6.54 Å². The van der Waals surface area contributed by atoms with Crippen molar-refractivity contribution in [3.05, 3.63) is 34.9 Å². The molecule has 1 unspecified atom stereocenters. The molecule has 5 heteroatoms. The summed E-state index contributed by atoms with van der Waals surface area (Å²) in [4.78, 5) is 22.5. The summed E-state index contributed by atoms with van der Waals surface area (Å²) in [6, 6.07) is 6.73. The van der Waals surface area contributed by atoms with Gasteiger partial charge in [-0.3, -0.25) is 9.59 Å². The average Bonchev–Trinajstić information content (AvgIpc) is 2.29. The van der Waals surface area contributed by atoms with Gasteiger partial charge in [-0.1, -0.05) is 23.7 Å². The van der Waals surface area contributed by atoms with E-state index in [0.717, 1.165) is 0 Å². The molecule has 0 bridgehead atoms. The molecule has 4 nitrogen and oxygen atoms in total. The molecule has 1 amide bonds. The topological polar surface area (TPSA) is 66.4 Å². The molecule has 0 aromatic heterocycles. The molecule has 2 N–H and O–H groups in total. The van der Waals surface area contributed by atoms with E-state index in [1.54, 1.807) is 24.3 Å². The van der Waals surface area contributed by atoms with E-state index >= 15 is 0 Å². The molecule has 1 atom stereocenters. The second-order valence-corrected chi connectivity index (χ2v) is 4.37. The lowest BCUT2D eigenvalue weighted by molar-refractivity contribution is -0.139. The summed E-state index contributed by atoms with van der Waals surface area (Å²) in [5, 5.41) is 12.3. The largest absolute Gasteiger partial charge is 0.481 e. The van der Waals surface area contributed by atoms with E-state index in [4.69, 9.17) is 11.6 Å². The fourth-order valence-electron chi connectivity index (χ4n) is 1.72. The maximum atomic E-state index is 11.3. The van der Waals surface area contributed by atoms with Crippen LogP contribution in [0.4, 0.5) is 0 Å². The van der Waals surface area contributed by atoms with Gasteiger partial charge in [0, 0.05) is 18.0 Å². The second-order valence-electron chi connectivity index (χ2n) is 3.94. The Labute approximate surface area is 111 Å². The van der Waals surface area contributed by atoms with Gasteiger partial charge < -0.3 is 10.4 Å². The molecule has 0 fully saturated rings. The number of carbonyl (C=O) groups is 2. The van der Waals surface area contributed by atoms with Crippen LogP contribution in [0.25, 0.3) is 0 Å². The number of aliphatic carboxylic acids is 1. The Morgan fingerprint density at radius 1 is 1.44 bits per heavy atom. The minimum Gasteiger partial charge on any atom is -0.481 e. The quantitative estimate of drug-likeness (QED) is 0.833. The first-order chi connectivity index (χ1) is 8.54. The first-order valence-electron chi connectivity index (χ1n) is 5.79. The van der Waals surface area contributed by atoms with Gasteiger partial charge in [-0.2, -0.15) is 0 Å². The number of carbonyl (C=O) groups excluding carboxylic acids is 1. The van der Waals surface area contributed by atoms with Crippen LogP contribution in [-0.4, -0.2) is 23.5 Å². The summed E-state index contributed by atoms with van der Waals surface area (Å²) in [6.07, 6.45) is 0.457. The molecule has 0 aliphatic carbocycles. The van der Waals surface area contributed by atoms with Crippen LogP contribution in [0, 0.1) is 0 Å². The van der Waals surface area contributed by atoms with Gasteiger partial charge in [0.05, 0.1) is 5.92 Å². The lowest BCUT2D eigenvalue weighted by Crippen LogP contribution is -2.24. The number of hydrogen-bond acceptors (Lipinski definition) is 2. The average molecular weight is 270 g/mol. The van der Waals surface area contributed by atoms with Crippen molar-refractivity contribution in [3.8, 4) is 0 Å². The minimum atomic E-state index is -0.943. The zero-order valence-electron chi connectivity index (χ0n) is 10.1. The normalized spacial score (nSPS) is 11.9. The van der Waals surface area contributed by atoms with Gasteiger partial charge in [0.2, 0.25) is 5.91 Å². The van der Waals surface area contributed by atoms with Crippen molar-refractivity contribution in [1.29, 1.82) is 0 Å². The number of rotatable bonds is 6. The number of amides is 1. The second kappa shape index (κ2) is 7.01. The van der Waals surface area contributed by atoms with Crippen molar-refractivity contribution in [1.82, 2.24) is 5.32 Å². The molecule has 1 aromatic rings. The Morgan fingerprint density at radius 3 is 2.72 bits per heavy atom. The summed E-state index contributed by atoms with van der Waals surface area (Å²) in [5.74, 6) is -1.78. The third kappa shape index (κ3) is 4.37. The molecule has 98 valence electrons. The maximum Gasteiger partial charge on any atom is 0.310 e. The van der Waals surface area contributed by atoms with Gasteiger partial charge >= 0.3 is 5.97 Å². The highest BCUT2D eigenvalue weighted by atomic mass is 35.5. The standard InChI is InChI=1S/C13H16ClNO3/c1-2-15-12(16)7-6-11(13(17)18)9-4-3-5-10(14)8-9/h3-5,8,11H,2,6-7H2,1H3,(H,15,16)(H,17,18). The highest BCUT2D eigenvalue weighted by Crippen LogP contribution is 2.24. The number of carboxylic acid groups (broad SMARTS) is 1. The number of halogens is 1. The predicted octanol–water partition coefficient (Wildman–Crippen LogP) is 2.42. The molecule has 0 saturated heterocycles. The lowest BCUT2D eigenvalue weighted by Gasteiger charge is -2.12. The van der Waals surface area contributed by atoms with Crippen LogP contribution in [0.3, 0.4) is 0 Å². The molecule has 18 heavy (non-hydrogen) atoms. The van der Waals surface area contributed by atoms with E-state index in [-0.39, 0.29) is 18.7 Å². The van der Waals surface area contributed by atoms with Crippen LogP contribution in [0.15, 0.2) is 24.3 Å². The summed E-state index contributed by atoms with van der Waals surface area (Å²) in [7, 11) is 0. The zero-order chi connectivity index (χ0) is 13.5. The molecule has 0 radical (unpaired) electrons. The molecule has 0 aliphatic rings. The van der Waals surface area contributed by atoms with E-state index in [0.29, 0.717) is 17.1 Å². The Balaban J connectivity index is 2.72. The van der Waals surface area contributed by atoms with Gasteiger partial charge in [-0.25, -0.2) is 0 Å². The molecular formula is C13H16ClNO3. The van der Waals surface area contributed by atoms with Crippen LogP contribution in [0.1, 0.15) is 31.2 Å². The lowest BCUT2D eigenvalue weighted by atomic mass is 9.94. The smallest absolute Gasteiger partial charge is 0.310 e. The van der Waals surface area contributed by atoms with E-state index in [2.05, 4.69) is 5.32 Å². The van der Waals surface area contributed by atoms with Gasteiger partial charge in [0.1, 0.15) is 0 Å². The van der Waals surface area contributed by atoms with Crippen LogP contribution in [-0.2, 0) is 9.59 Å². The molecule has 1 aromatic carbocycles. The zero-order valence-corrected chi connectivity index (χ0v) is 10.9. The SMILES string of the molecule is CCNC(=O)CCC(C(=O)O)c1cccc(Cl)c1. The van der Waals surface area contributed by atoms with Gasteiger partial charge in [-0.05, 0) is 31.0 Å². The Kier molecular flexibility index (Phi) is 5.65. The summed E-state index contributed by atoms with van der Waals surface area (Å²) in [6.45, 7) is 2.37. The fourth-order valence-corrected chi connectivity index (χ4v) is 1.92. The molecule has 0 saturated carbocycles. The summed E-state index contributed by atoms with van der Waals surface area (Å²) < 4.78 is 0. The minimum absolute atomic E-state index is 0.134. The third-order valence-corrected chi connectivity index (χ3v) is 2.82. The van der Waals surface area contributed by atoms with Gasteiger partial charge in [-0.15, -0.1) is 0 Å². The van der Waals surface area contributed by atoms with E-state index in [1.165, 1.54) is 0 Å². The molecule has 0 spiro atoms. The highest BCUT2D eigenvalue weighted by Gasteiger charge is 2.20. The maximum absolute atomic E-state index is 11.3.